The molecule has 0 spiro atoms. The highest BCUT2D eigenvalue weighted by molar-refractivity contribution is 5.94. The van der Waals surface area contributed by atoms with Crippen molar-refractivity contribution in [1.29, 1.82) is 0 Å². The molecule has 0 radical (unpaired) electrons. The summed E-state index contributed by atoms with van der Waals surface area (Å²) in [7, 11) is 1.57. The third kappa shape index (κ3) is 4.82. The lowest BCUT2D eigenvalue weighted by molar-refractivity contribution is 0.0949. The predicted octanol–water partition coefficient (Wildman–Crippen LogP) is 2.31. The molecule has 134 valence electrons. The zero-order chi connectivity index (χ0) is 18.4. The fraction of sp³-hybridized carbons (Fsp3) is 0.389. The van der Waals surface area contributed by atoms with Crippen molar-refractivity contribution < 1.29 is 9.53 Å². The van der Waals surface area contributed by atoms with Gasteiger partial charge in [-0.25, -0.2) is 4.68 Å². The zero-order valence-electron chi connectivity index (χ0n) is 15.0. The minimum atomic E-state index is -0.287. The largest absolute Gasteiger partial charge is 0.490 e. The summed E-state index contributed by atoms with van der Waals surface area (Å²) in [6.45, 7) is 6.98. The van der Waals surface area contributed by atoms with Crippen molar-refractivity contribution >= 4 is 17.3 Å². The highest BCUT2D eigenvalue weighted by Crippen LogP contribution is 2.23. The predicted molar refractivity (Wildman–Crippen MR) is 97.5 cm³/mol. The monoisotopic (exact) mass is 344 g/mol. The quantitative estimate of drug-likeness (QED) is 0.805. The van der Waals surface area contributed by atoms with Crippen LogP contribution in [0.1, 0.15) is 31.1 Å². The van der Waals surface area contributed by atoms with Crippen molar-refractivity contribution in [3.05, 3.63) is 46.4 Å². The lowest BCUT2D eigenvalue weighted by Gasteiger charge is -2.13. The molecule has 0 aliphatic rings. The number of benzene rings is 1. The number of hydrogen-bond donors (Lipinski definition) is 2. The van der Waals surface area contributed by atoms with E-state index in [-0.39, 0.29) is 11.5 Å². The summed E-state index contributed by atoms with van der Waals surface area (Å²) >= 11 is 0. The molecule has 0 unspecified atom stereocenters. The Balaban J connectivity index is 2.18. The first-order chi connectivity index (χ1) is 11.9. The number of nitrogens with zero attached hydrogens (tertiary/aromatic N) is 2. The first kappa shape index (κ1) is 18.5. The van der Waals surface area contributed by atoms with Gasteiger partial charge in [-0.05, 0) is 37.1 Å². The number of aryl methyl sites for hydroxylation is 1. The molecule has 1 heterocycles. The normalized spacial score (nSPS) is 10.6. The van der Waals surface area contributed by atoms with Crippen LogP contribution in [0.15, 0.2) is 35.3 Å². The third-order valence-corrected chi connectivity index (χ3v) is 3.49. The van der Waals surface area contributed by atoms with Crippen molar-refractivity contribution in [2.75, 3.05) is 18.5 Å². The maximum Gasteiger partial charge on any atom is 0.294 e. The van der Waals surface area contributed by atoms with Crippen LogP contribution in [0.3, 0.4) is 0 Å². The second kappa shape index (κ2) is 8.32. The molecule has 2 rings (SSSR count). The van der Waals surface area contributed by atoms with Crippen molar-refractivity contribution in [2.45, 2.75) is 20.8 Å². The van der Waals surface area contributed by atoms with Gasteiger partial charge in [0, 0.05) is 24.8 Å². The van der Waals surface area contributed by atoms with Gasteiger partial charge in [0.05, 0.1) is 12.8 Å². The summed E-state index contributed by atoms with van der Waals surface area (Å²) in [5.41, 5.74) is 1.28. The smallest absolute Gasteiger partial charge is 0.294 e. The lowest BCUT2D eigenvalue weighted by atomic mass is 10.1. The number of ether oxygens (including phenoxy) is 1. The van der Waals surface area contributed by atoms with E-state index in [0.29, 0.717) is 41.8 Å². The molecule has 0 aliphatic heterocycles. The molecule has 1 amide bonds. The molecule has 7 heteroatoms. The summed E-state index contributed by atoms with van der Waals surface area (Å²) in [5, 5.41) is 9.88. The molecule has 1 aromatic heterocycles. The fourth-order valence-corrected chi connectivity index (χ4v) is 2.15. The topological polar surface area (TPSA) is 85.2 Å². The van der Waals surface area contributed by atoms with Crippen molar-refractivity contribution in [2.24, 2.45) is 13.0 Å². The molecular weight excluding hydrogens is 320 g/mol. The molecule has 0 bridgehead atoms. The molecule has 2 aromatic rings. The maximum atomic E-state index is 12.3. The average Bonchev–Trinajstić information content (AvgIpc) is 2.60. The number of nitrogens with one attached hydrogen (secondary N) is 2. The molecular formula is C18H24N4O3. The molecule has 0 saturated carbocycles. The van der Waals surface area contributed by atoms with E-state index >= 15 is 0 Å². The van der Waals surface area contributed by atoms with Crippen LogP contribution in [0.25, 0.3) is 0 Å². The first-order valence-corrected chi connectivity index (χ1v) is 8.26. The number of rotatable bonds is 7. The van der Waals surface area contributed by atoms with E-state index in [0.717, 1.165) is 0 Å². The van der Waals surface area contributed by atoms with Gasteiger partial charge in [0.15, 0.2) is 11.4 Å². The Labute approximate surface area is 147 Å². The molecule has 1 aromatic carbocycles. The molecule has 2 N–H and O–H groups in total. The van der Waals surface area contributed by atoms with E-state index in [1.54, 1.807) is 31.3 Å². The Kier molecular flexibility index (Phi) is 6.16. The summed E-state index contributed by atoms with van der Waals surface area (Å²) in [4.78, 5) is 24.3. The van der Waals surface area contributed by atoms with E-state index in [4.69, 9.17) is 4.74 Å². The van der Waals surface area contributed by atoms with Crippen LogP contribution in [0.4, 0.5) is 11.4 Å². The van der Waals surface area contributed by atoms with Gasteiger partial charge in [-0.1, -0.05) is 13.8 Å². The summed E-state index contributed by atoms with van der Waals surface area (Å²) in [5.74, 6) is 0.671. The Morgan fingerprint density at radius 1 is 1.28 bits per heavy atom. The van der Waals surface area contributed by atoms with Crippen LogP contribution in [-0.2, 0) is 7.05 Å². The molecule has 0 aliphatic carbocycles. The number of aromatic nitrogens is 2. The third-order valence-electron chi connectivity index (χ3n) is 3.49. The number of carbonyl (C=O) groups is 1. The van der Waals surface area contributed by atoms with Gasteiger partial charge in [-0.2, -0.15) is 5.10 Å². The minimum Gasteiger partial charge on any atom is -0.490 e. The van der Waals surface area contributed by atoms with Crippen LogP contribution in [0, 0.1) is 5.92 Å². The Morgan fingerprint density at radius 3 is 2.56 bits per heavy atom. The van der Waals surface area contributed by atoms with Gasteiger partial charge in [0.25, 0.3) is 11.5 Å². The fourth-order valence-electron chi connectivity index (χ4n) is 2.15. The van der Waals surface area contributed by atoms with Crippen LogP contribution < -0.4 is 20.9 Å². The summed E-state index contributed by atoms with van der Waals surface area (Å²) in [6, 6.07) is 6.92. The van der Waals surface area contributed by atoms with Crippen LogP contribution in [-0.4, -0.2) is 28.8 Å². The molecule has 0 saturated heterocycles. The first-order valence-electron chi connectivity index (χ1n) is 8.26. The van der Waals surface area contributed by atoms with Crippen molar-refractivity contribution in [1.82, 2.24) is 15.1 Å². The van der Waals surface area contributed by atoms with Crippen LogP contribution in [0.2, 0.25) is 0 Å². The van der Waals surface area contributed by atoms with Gasteiger partial charge in [0.2, 0.25) is 0 Å². The zero-order valence-corrected chi connectivity index (χ0v) is 15.0. The number of carbonyl (C=O) groups excluding carboxylic acids is 1. The second-order valence-electron chi connectivity index (χ2n) is 6.05. The van der Waals surface area contributed by atoms with Gasteiger partial charge in [-0.3, -0.25) is 9.59 Å². The molecule has 0 atom stereocenters. The maximum absolute atomic E-state index is 12.3. The van der Waals surface area contributed by atoms with E-state index in [9.17, 15) is 9.59 Å². The second-order valence-corrected chi connectivity index (χ2v) is 6.05. The lowest BCUT2D eigenvalue weighted by Crippen LogP contribution is -2.27. The number of hydrogen-bond acceptors (Lipinski definition) is 5. The van der Waals surface area contributed by atoms with Gasteiger partial charge in [0.1, 0.15) is 0 Å². The van der Waals surface area contributed by atoms with Crippen molar-refractivity contribution in [3.8, 4) is 5.75 Å². The molecule has 0 fully saturated rings. The highest BCUT2D eigenvalue weighted by Gasteiger charge is 2.12. The molecule has 25 heavy (non-hydrogen) atoms. The van der Waals surface area contributed by atoms with Crippen LogP contribution >= 0.6 is 0 Å². The number of anilines is 2. The Morgan fingerprint density at radius 2 is 1.96 bits per heavy atom. The SMILES string of the molecule is CCOc1cnn(C)c(=O)c1Nc1ccc(C(=O)NCC(C)C)cc1. The van der Waals surface area contributed by atoms with Gasteiger partial charge >= 0.3 is 0 Å². The Hall–Kier alpha value is -2.83. The van der Waals surface area contributed by atoms with E-state index in [1.165, 1.54) is 10.9 Å². The standard InChI is InChI=1S/C18H24N4O3/c1-5-25-15-11-20-22(4)18(24)16(15)21-14-8-6-13(7-9-14)17(23)19-10-12(2)3/h6-9,11-12,21H,5,10H2,1-4H3,(H,19,23). The minimum absolute atomic E-state index is 0.116. The molecule has 7 nitrogen and oxygen atoms in total. The Bertz CT molecular complexity index is 782. The van der Waals surface area contributed by atoms with Crippen molar-refractivity contribution in [3.63, 3.8) is 0 Å². The number of amides is 1. The van der Waals surface area contributed by atoms with Gasteiger partial charge < -0.3 is 15.4 Å². The van der Waals surface area contributed by atoms with E-state index < -0.39 is 0 Å². The highest BCUT2D eigenvalue weighted by atomic mass is 16.5. The van der Waals surface area contributed by atoms with Gasteiger partial charge in [-0.15, -0.1) is 0 Å². The van der Waals surface area contributed by atoms with E-state index in [1.807, 2.05) is 20.8 Å². The average molecular weight is 344 g/mol. The summed E-state index contributed by atoms with van der Waals surface area (Å²) < 4.78 is 6.69. The van der Waals surface area contributed by atoms with E-state index in [2.05, 4.69) is 15.7 Å². The van der Waals surface area contributed by atoms with Crippen LogP contribution in [0.5, 0.6) is 5.75 Å². The summed E-state index contributed by atoms with van der Waals surface area (Å²) in [6.07, 6.45) is 1.50.